The van der Waals surface area contributed by atoms with Crippen molar-refractivity contribution < 1.29 is 18.0 Å². The second-order valence-electron chi connectivity index (χ2n) is 6.56. The van der Waals surface area contributed by atoms with E-state index < -0.39 is 29.2 Å². The number of aromatic nitrogens is 1. The number of nitrogens with zero attached hydrogens (tertiary/aromatic N) is 3. The molecule has 0 bridgehead atoms. The molecule has 1 saturated heterocycles. The molecule has 1 saturated carbocycles. The maximum atomic E-state index is 13.3. The van der Waals surface area contributed by atoms with Crippen LogP contribution < -0.4 is 10.2 Å². The number of carbonyl (C=O) groups is 1. The summed E-state index contributed by atoms with van der Waals surface area (Å²) in [6.45, 7) is 2.20. The van der Waals surface area contributed by atoms with Gasteiger partial charge < -0.3 is 10.2 Å². The van der Waals surface area contributed by atoms with E-state index in [0.717, 1.165) is 6.07 Å². The normalized spacial score (nSPS) is 25.2. The summed E-state index contributed by atoms with van der Waals surface area (Å²) in [5, 5.41) is 11.8. The minimum absolute atomic E-state index is 0.0566. The van der Waals surface area contributed by atoms with E-state index in [0.29, 0.717) is 25.8 Å². The molecule has 2 aliphatic rings. The van der Waals surface area contributed by atoms with Crippen LogP contribution in [0.4, 0.5) is 19.0 Å². The van der Waals surface area contributed by atoms with Crippen molar-refractivity contribution in [1.82, 2.24) is 10.3 Å². The van der Waals surface area contributed by atoms with E-state index in [9.17, 15) is 18.0 Å². The summed E-state index contributed by atoms with van der Waals surface area (Å²) in [4.78, 5) is 17.8. The van der Waals surface area contributed by atoms with Gasteiger partial charge >= 0.3 is 6.18 Å². The Morgan fingerprint density at radius 2 is 2.21 bits per heavy atom. The van der Waals surface area contributed by atoms with Gasteiger partial charge in [-0.1, -0.05) is 6.92 Å². The molecule has 8 heteroatoms. The molecule has 1 aromatic heterocycles. The fourth-order valence-electron chi connectivity index (χ4n) is 3.08. The summed E-state index contributed by atoms with van der Waals surface area (Å²) >= 11 is 0. The van der Waals surface area contributed by atoms with Gasteiger partial charge in [-0.15, -0.1) is 0 Å². The number of anilines is 1. The first-order valence-corrected chi connectivity index (χ1v) is 7.78. The first-order valence-electron chi connectivity index (χ1n) is 7.78. The monoisotopic (exact) mass is 338 g/mol. The Hall–Kier alpha value is -2.30. The lowest BCUT2D eigenvalue weighted by Crippen LogP contribution is -2.48. The average Bonchev–Trinajstić information content (AvgIpc) is 3.19. The molecule has 1 aliphatic carbocycles. The van der Waals surface area contributed by atoms with Crippen LogP contribution >= 0.6 is 0 Å². The SMILES string of the molecule is CC1C[C@H](C(=O)NC2(C#N)CC2)N(c2ncccc2C(F)(F)F)C1. The molecular weight excluding hydrogens is 321 g/mol. The molecule has 1 unspecified atom stereocenters. The second kappa shape index (κ2) is 5.65. The number of nitriles is 1. The zero-order valence-electron chi connectivity index (χ0n) is 13.1. The van der Waals surface area contributed by atoms with Crippen molar-refractivity contribution >= 4 is 11.7 Å². The van der Waals surface area contributed by atoms with Crippen molar-refractivity contribution in [2.24, 2.45) is 5.92 Å². The van der Waals surface area contributed by atoms with Crippen LogP contribution in [0.5, 0.6) is 0 Å². The highest BCUT2D eigenvalue weighted by molar-refractivity contribution is 5.87. The van der Waals surface area contributed by atoms with Gasteiger partial charge in [0.15, 0.2) is 0 Å². The molecule has 5 nitrogen and oxygen atoms in total. The van der Waals surface area contributed by atoms with E-state index in [1.807, 2.05) is 6.92 Å². The van der Waals surface area contributed by atoms with Gasteiger partial charge in [0, 0.05) is 12.7 Å². The van der Waals surface area contributed by atoms with Crippen molar-refractivity contribution in [3.63, 3.8) is 0 Å². The van der Waals surface area contributed by atoms with Gasteiger partial charge in [0.2, 0.25) is 5.91 Å². The van der Waals surface area contributed by atoms with E-state index in [1.54, 1.807) is 0 Å². The molecule has 2 atom stereocenters. The highest BCUT2D eigenvalue weighted by atomic mass is 19.4. The molecule has 24 heavy (non-hydrogen) atoms. The Morgan fingerprint density at radius 1 is 1.50 bits per heavy atom. The Kier molecular flexibility index (Phi) is 3.90. The molecule has 1 aromatic rings. The van der Waals surface area contributed by atoms with E-state index in [1.165, 1.54) is 17.2 Å². The van der Waals surface area contributed by atoms with Crippen LogP contribution in [-0.2, 0) is 11.0 Å². The summed E-state index contributed by atoms with van der Waals surface area (Å²) in [7, 11) is 0. The number of hydrogen-bond acceptors (Lipinski definition) is 4. The molecule has 1 N–H and O–H groups in total. The molecule has 128 valence electrons. The fraction of sp³-hybridized carbons (Fsp3) is 0.562. The molecule has 0 aromatic carbocycles. The number of pyridine rings is 1. The maximum Gasteiger partial charge on any atom is 0.419 e. The van der Waals surface area contributed by atoms with Gasteiger partial charge in [0.05, 0.1) is 11.6 Å². The smallest absolute Gasteiger partial charge is 0.344 e. The number of halogens is 3. The minimum atomic E-state index is -4.54. The highest BCUT2D eigenvalue weighted by Crippen LogP contribution is 2.39. The lowest BCUT2D eigenvalue weighted by Gasteiger charge is -2.28. The van der Waals surface area contributed by atoms with E-state index in [2.05, 4.69) is 16.4 Å². The molecule has 2 heterocycles. The third-order valence-corrected chi connectivity index (χ3v) is 4.50. The van der Waals surface area contributed by atoms with Crippen molar-refractivity contribution in [1.29, 1.82) is 5.26 Å². The van der Waals surface area contributed by atoms with Crippen LogP contribution in [0.25, 0.3) is 0 Å². The summed E-state index contributed by atoms with van der Waals surface area (Å²) in [6.07, 6.45) is -1.66. The average molecular weight is 338 g/mol. The lowest BCUT2D eigenvalue weighted by molar-refractivity contribution is -0.137. The van der Waals surface area contributed by atoms with Gasteiger partial charge in [0.1, 0.15) is 17.4 Å². The molecule has 1 aliphatic heterocycles. The summed E-state index contributed by atoms with van der Waals surface area (Å²) in [5.41, 5.74) is -1.69. The minimum Gasteiger partial charge on any atom is -0.344 e. The van der Waals surface area contributed by atoms with E-state index >= 15 is 0 Å². The molecule has 3 rings (SSSR count). The molecule has 2 fully saturated rings. The van der Waals surface area contributed by atoms with Crippen LogP contribution in [0, 0.1) is 17.2 Å². The standard InChI is InChI=1S/C16H17F3N4O/c1-10-7-12(14(24)22-15(9-20)4-5-15)23(8-10)13-11(16(17,18)19)3-2-6-21-13/h2-3,6,10,12H,4-5,7-8H2,1H3,(H,22,24)/t10?,12-/m1/s1. The van der Waals surface area contributed by atoms with Crippen LogP contribution in [0.3, 0.4) is 0 Å². The number of rotatable bonds is 3. The lowest BCUT2D eigenvalue weighted by atomic mass is 10.1. The number of carbonyl (C=O) groups excluding carboxylic acids is 1. The van der Waals surface area contributed by atoms with Gasteiger partial charge in [-0.05, 0) is 37.3 Å². The first-order chi connectivity index (χ1) is 11.3. The second-order valence-corrected chi connectivity index (χ2v) is 6.56. The van der Waals surface area contributed by atoms with Crippen LogP contribution in [-0.4, -0.2) is 29.0 Å². The van der Waals surface area contributed by atoms with Crippen LogP contribution in [0.1, 0.15) is 31.7 Å². The number of hydrogen-bond donors (Lipinski definition) is 1. The molecule has 0 radical (unpaired) electrons. The van der Waals surface area contributed by atoms with Gasteiger partial charge in [0.25, 0.3) is 0 Å². The molecular formula is C16H17F3N4O. The largest absolute Gasteiger partial charge is 0.419 e. The van der Waals surface area contributed by atoms with Gasteiger partial charge in [-0.3, -0.25) is 4.79 Å². The van der Waals surface area contributed by atoms with Crippen LogP contribution in [0.15, 0.2) is 18.3 Å². The van der Waals surface area contributed by atoms with Gasteiger partial charge in [-0.2, -0.15) is 18.4 Å². The zero-order valence-corrected chi connectivity index (χ0v) is 13.1. The van der Waals surface area contributed by atoms with Crippen molar-refractivity contribution in [2.45, 2.75) is 43.9 Å². The fourth-order valence-corrected chi connectivity index (χ4v) is 3.08. The number of nitrogens with one attached hydrogen (secondary N) is 1. The Bertz CT molecular complexity index is 693. The van der Waals surface area contributed by atoms with E-state index in [-0.39, 0.29) is 11.7 Å². The molecule has 1 amide bonds. The Balaban J connectivity index is 1.89. The van der Waals surface area contributed by atoms with Crippen molar-refractivity contribution in [3.05, 3.63) is 23.9 Å². The first kappa shape index (κ1) is 16.6. The third kappa shape index (κ3) is 3.03. The molecule has 0 spiro atoms. The summed E-state index contributed by atoms with van der Waals surface area (Å²) in [6, 6.07) is 3.52. The number of amides is 1. The predicted octanol–water partition coefficient (Wildman–Crippen LogP) is 2.49. The maximum absolute atomic E-state index is 13.3. The Labute approximate surface area is 137 Å². The third-order valence-electron chi connectivity index (χ3n) is 4.50. The quantitative estimate of drug-likeness (QED) is 0.919. The van der Waals surface area contributed by atoms with Gasteiger partial charge in [-0.25, -0.2) is 4.98 Å². The highest BCUT2D eigenvalue weighted by Gasteiger charge is 2.48. The number of alkyl halides is 3. The topological polar surface area (TPSA) is 69.0 Å². The summed E-state index contributed by atoms with van der Waals surface area (Å²) < 4.78 is 39.8. The van der Waals surface area contributed by atoms with Crippen LogP contribution in [0.2, 0.25) is 0 Å². The van der Waals surface area contributed by atoms with Crippen molar-refractivity contribution in [2.75, 3.05) is 11.4 Å². The van der Waals surface area contributed by atoms with Crippen molar-refractivity contribution in [3.8, 4) is 6.07 Å². The Morgan fingerprint density at radius 3 is 2.79 bits per heavy atom. The predicted molar refractivity (Wildman–Crippen MR) is 79.9 cm³/mol. The van der Waals surface area contributed by atoms with E-state index in [4.69, 9.17) is 5.26 Å². The zero-order chi connectivity index (χ0) is 17.5. The summed E-state index contributed by atoms with van der Waals surface area (Å²) in [5.74, 6) is -0.574.